The zero-order valence-corrected chi connectivity index (χ0v) is 5.02. The van der Waals surface area contributed by atoms with Gasteiger partial charge in [0.15, 0.2) is 0 Å². The SMILES string of the molecule is CC(=O)ON.[H-].[H-].[Mg+2]. The Balaban J connectivity index is -0.0000000267. The second-order valence-corrected chi connectivity index (χ2v) is 0.609. The molecule has 2 N–H and O–H groups in total. The maximum Gasteiger partial charge on any atom is 2.00 e. The van der Waals surface area contributed by atoms with Crippen LogP contribution in [0.4, 0.5) is 0 Å². The van der Waals surface area contributed by atoms with Crippen LogP contribution < -0.4 is 5.90 Å². The van der Waals surface area contributed by atoms with Crippen LogP contribution in [-0.2, 0) is 9.63 Å². The van der Waals surface area contributed by atoms with Gasteiger partial charge in [-0.15, -0.1) is 0 Å². The Kier molecular flexibility index (Phi) is 8.23. The Morgan fingerprint density at radius 3 is 2.17 bits per heavy atom. The number of nitrogens with two attached hydrogens (primary N) is 1. The first-order valence-corrected chi connectivity index (χ1v) is 1.14. The minimum Gasteiger partial charge on any atom is -1.00 e. The van der Waals surface area contributed by atoms with Gasteiger partial charge in [-0.05, 0) is 0 Å². The zero-order chi connectivity index (χ0) is 4.28. The second-order valence-electron chi connectivity index (χ2n) is 0.609. The predicted molar refractivity (Wildman–Crippen MR) is 23.9 cm³/mol. The van der Waals surface area contributed by atoms with Crippen LogP contribution in [0.2, 0.25) is 0 Å². The summed E-state index contributed by atoms with van der Waals surface area (Å²) < 4.78 is 0. The monoisotopic (exact) mass is 101 g/mol. The van der Waals surface area contributed by atoms with Gasteiger partial charge in [-0.1, -0.05) is 0 Å². The van der Waals surface area contributed by atoms with E-state index in [0.29, 0.717) is 0 Å². The molecule has 0 aromatic rings. The standard InChI is InChI=1S/C2H5NO2.Mg.2H/c1-2(4)5-3;;;/h3H2,1H3;;;/q;+2;2*-1. The molecule has 0 unspecified atom stereocenters. The third kappa shape index (κ3) is 8.89. The van der Waals surface area contributed by atoms with Gasteiger partial charge in [0.25, 0.3) is 0 Å². The molecule has 0 heterocycles. The number of carbonyl (C=O) groups excluding carboxylic acids is 1. The average molecular weight is 101 g/mol. The summed E-state index contributed by atoms with van der Waals surface area (Å²) >= 11 is 0. The molecule has 0 fully saturated rings. The van der Waals surface area contributed by atoms with E-state index in [2.05, 4.69) is 10.7 Å². The summed E-state index contributed by atoms with van der Waals surface area (Å²) in [5.41, 5.74) is 0. The summed E-state index contributed by atoms with van der Waals surface area (Å²) in [6, 6.07) is 0. The van der Waals surface area contributed by atoms with Crippen molar-refractivity contribution in [3.8, 4) is 0 Å². The molecule has 0 spiro atoms. The molecular weight excluding hydrogens is 94.3 g/mol. The first-order chi connectivity index (χ1) is 2.27. The Bertz CT molecular complexity index is 53.3. The van der Waals surface area contributed by atoms with Crippen molar-refractivity contribution in [1.29, 1.82) is 0 Å². The van der Waals surface area contributed by atoms with Crippen molar-refractivity contribution in [3.05, 3.63) is 0 Å². The van der Waals surface area contributed by atoms with E-state index in [-0.39, 0.29) is 25.9 Å². The fourth-order valence-electron chi connectivity index (χ4n) is 0. The van der Waals surface area contributed by atoms with E-state index in [1.807, 2.05) is 0 Å². The van der Waals surface area contributed by atoms with Crippen LogP contribution in [0.3, 0.4) is 0 Å². The fourth-order valence-corrected chi connectivity index (χ4v) is 0. The van der Waals surface area contributed by atoms with Gasteiger partial charge in [0.2, 0.25) is 0 Å². The van der Waals surface area contributed by atoms with E-state index in [0.717, 1.165) is 0 Å². The summed E-state index contributed by atoms with van der Waals surface area (Å²) in [4.78, 5) is 13.1. The number of rotatable bonds is 0. The van der Waals surface area contributed by atoms with E-state index >= 15 is 0 Å². The number of carbonyl (C=O) groups is 1. The van der Waals surface area contributed by atoms with Gasteiger partial charge >= 0.3 is 29.0 Å². The van der Waals surface area contributed by atoms with Crippen LogP contribution in [0.25, 0.3) is 0 Å². The Morgan fingerprint density at radius 2 is 2.17 bits per heavy atom. The van der Waals surface area contributed by atoms with Crippen molar-refractivity contribution in [2.45, 2.75) is 6.92 Å². The predicted octanol–water partition coefficient (Wildman–Crippen LogP) is -0.733. The molecule has 0 atom stereocenters. The van der Waals surface area contributed by atoms with E-state index in [1.54, 1.807) is 0 Å². The van der Waals surface area contributed by atoms with Crippen molar-refractivity contribution >= 4 is 29.0 Å². The molecular formula is C2H7MgNO2. The van der Waals surface area contributed by atoms with Crippen LogP contribution in [0.15, 0.2) is 0 Å². The fraction of sp³-hybridized carbons (Fsp3) is 0.500. The van der Waals surface area contributed by atoms with E-state index in [4.69, 9.17) is 0 Å². The first kappa shape index (κ1) is 9.50. The minimum absolute atomic E-state index is 0. The van der Waals surface area contributed by atoms with Crippen LogP contribution in [0.1, 0.15) is 9.78 Å². The first-order valence-electron chi connectivity index (χ1n) is 1.14. The Morgan fingerprint density at radius 1 is 2.00 bits per heavy atom. The van der Waals surface area contributed by atoms with Crippen molar-refractivity contribution in [2.24, 2.45) is 5.90 Å². The summed E-state index contributed by atoms with van der Waals surface area (Å²) in [6.07, 6.45) is 0. The van der Waals surface area contributed by atoms with Crippen molar-refractivity contribution in [3.63, 3.8) is 0 Å². The molecule has 0 aliphatic carbocycles. The van der Waals surface area contributed by atoms with Crippen molar-refractivity contribution in [1.82, 2.24) is 0 Å². The minimum atomic E-state index is -0.468. The molecule has 0 aromatic heterocycles. The van der Waals surface area contributed by atoms with Crippen molar-refractivity contribution in [2.75, 3.05) is 0 Å². The van der Waals surface area contributed by atoms with Crippen LogP contribution in [0, 0.1) is 0 Å². The number of hydrogen-bond donors (Lipinski definition) is 1. The molecule has 4 heteroatoms. The zero-order valence-electron chi connectivity index (χ0n) is 5.60. The Hall–Kier alpha value is 0.196. The van der Waals surface area contributed by atoms with Gasteiger partial charge in [0.05, 0.1) is 0 Å². The molecule has 0 aliphatic rings. The van der Waals surface area contributed by atoms with Gasteiger partial charge in [-0.3, -0.25) is 4.79 Å². The second kappa shape index (κ2) is 5.20. The summed E-state index contributed by atoms with van der Waals surface area (Å²) in [6.45, 7) is 1.24. The van der Waals surface area contributed by atoms with Gasteiger partial charge in [-0.25, -0.2) is 0 Å². The molecule has 0 radical (unpaired) electrons. The molecule has 0 aliphatic heterocycles. The molecule has 0 bridgehead atoms. The van der Waals surface area contributed by atoms with Crippen LogP contribution in [0.5, 0.6) is 0 Å². The molecule has 0 saturated carbocycles. The summed E-state index contributed by atoms with van der Waals surface area (Å²) in [5.74, 6) is 3.85. The average Bonchev–Trinajstić information content (AvgIpc) is 1.38. The molecule has 0 rings (SSSR count). The van der Waals surface area contributed by atoms with Gasteiger partial charge < -0.3 is 7.69 Å². The topological polar surface area (TPSA) is 52.3 Å². The normalized spacial score (nSPS) is 5.67. The molecule has 0 aromatic carbocycles. The van der Waals surface area contributed by atoms with Gasteiger partial charge in [0.1, 0.15) is 0 Å². The van der Waals surface area contributed by atoms with E-state index in [1.165, 1.54) is 6.92 Å². The summed E-state index contributed by atoms with van der Waals surface area (Å²) in [5, 5.41) is 0. The smallest absolute Gasteiger partial charge is 1.00 e. The Labute approximate surface area is 54.9 Å². The third-order valence-corrected chi connectivity index (χ3v) is 0.166. The van der Waals surface area contributed by atoms with Gasteiger partial charge in [0, 0.05) is 6.92 Å². The molecule has 0 amide bonds. The van der Waals surface area contributed by atoms with E-state index < -0.39 is 5.97 Å². The maximum atomic E-state index is 9.47. The number of hydrogen-bond acceptors (Lipinski definition) is 3. The molecule has 6 heavy (non-hydrogen) atoms. The summed E-state index contributed by atoms with van der Waals surface area (Å²) in [7, 11) is 0. The van der Waals surface area contributed by atoms with Crippen molar-refractivity contribution < 1.29 is 12.5 Å². The van der Waals surface area contributed by atoms with Gasteiger partial charge in [-0.2, -0.15) is 5.90 Å². The van der Waals surface area contributed by atoms with Crippen LogP contribution in [-0.4, -0.2) is 29.0 Å². The third-order valence-electron chi connectivity index (χ3n) is 0.166. The van der Waals surface area contributed by atoms with E-state index in [9.17, 15) is 4.79 Å². The molecule has 0 saturated heterocycles. The largest absolute Gasteiger partial charge is 2.00 e. The van der Waals surface area contributed by atoms with Crippen LogP contribution >= 0.6 is 0 Å². The molecule has 34 valence electrons. The maximum absolute atomic E-state index is 9.47. The quantitative estimate of drug-likeness (QED) is 0.323. The molecule has 3 nitrogen and oxygen atoms in total.